The standard InChI is InChI=1S/C11H14FN3O3/c12-8-4-5-9(10(7-8)15(17)18)14-11(16)3-1-2-6-13/h4-5,7H,1-3,6,13H2,(H,14,16). The molecule has 6 nitrogen and oxygen atoms in total. The zero-order valence-electron chi connectivity index (χ0n) is 9.69. The quantitative estimate of drug-likeness (QED) is 0.460. The number of nitrogens with one attached hydrogen (secondary N) is 1. The third kappa shape index (κ3) is 4.10. The molecule has 7 heteroatoms. The van der Waals surface area contributed by atoms with E-state index in [1.165, 1.54) is 6.07 Å². The fourth-order valence-corrected chi connectivity index (χ4v) is 1.40. The molecule has 1 amide bonds. The number of nitro benzene ring substituents is 1. The molecule has 1 rings (SSSR count). The van der Waals surface area contributed by atoms with Gasteiger partial charge in [-0.3, -0.25) is 14.9 Å². The molecule has 0 aliphatic heterocycles. The molecule has 0 bridgehead atoms. The lowest BCUT2D eigenvalue weighted by Gasteiger charge is -2.05. The maximum Gasteiger partial charge on any atom is 0.295 e. The smallest absolute Gasteiger partial charge is 0.295 e. The number of hydrogen-bond acceptors (Lipinski definition) is 4. The highest BCUT2D eigenvalue weighted by Gasteiger charge is 2.16. The SMILES string of the molecule is NCCCCC(=O)Nc1ccc(F)cc1[N+](=O)[O-]. The molecule has 1 aromatic carbocycles. The van der Waals surface area contributed by atoms with E-state index < -0.39 is 16.4 Å². The fraction of sp³-hybridized carbons (Fsp3) is 0.364. The molecule has 1 aromatic rings. The third-order valence-corrected chi connectivity index (χ3v) is 2.29. The van der Waals surface area contributed by atoms with Gasteiger partial charge in [0.15, 0.2) is 0 Å². The number of benzene rings is 1. The maximum absolute atomic E-state index is 12.9. The second-order valence-corrected chi connectivity index (χ2v) is 3.71. The summed E-state index contributed by atoms with van der Waals surface area (Å²) < 4.78 is 12.9. The van der Waals surface area contributed by atoms with E-state index in [2.05, 4.69) is 5.32 Å². The summed E-state index contributed by atoms with van der Waals surface area (Å²) in [6.07, 6.45) is 1.54. The largest absolute Gasteiger partial charge is 0.330 e. The van der Waals surface area contributed by atoms with Crippen LogP contribution in [0.3, 0.4) is 0 Å². The number of nitrogens with zero attached hydrogens (tertiary/aromatic N) is 1. The van der Waals surface area contributed by atoms with Crippen LogP contribution in [0.5, 0.6) is 0 Å². The summed E-state index contributed by atoms with van der Waals surface area (Å²) in [6, 6.07) is 3.01. The summed E-state index contributed by atoms with van der Waals surface area (Å²) in [4.78, 5) is 21.4. The number of carbonyl (C=O) groups is 1. The molecule has 0 spiro atoms. The van der Waals surface area contributed by atoms with E-state index in [4.69, 9.17) is 5.73 Å². The summed E-state index contributed by atoms with van der Waals surface area (Å²) in [7, 11) is 0. The van der Waals surface area contributed by atoms with Gasteiger partial charge in [-0.1, -0.05) is 0 Å². The zero-order chi connectivity index (χ0) is 13.5. The lowest BCUT2D eigenvalue weighted by atomic mass is 10.2. The first-order valence-corrected chi connectivity index (χ1v) is 5.48. The number of hydrogen-bond donors (Lipinski definition) is 2. The van der Waals surface area contributed by atoms with Crippen molar-refractivity contribution in [2.24, 2.45) is 5.73 Å². The van der Waals surface area contributed by atoms with E-state index in [-0.39, 0.29) is 18.0 Å². The molecule has 0 aliphatic rings. The Balaban J connectivity index is 2.72. The lowest BCUT2D eigenvalue weighted by Crippen LogP contribution is -2.13. The summed E-state index contributed by atoms with van der Waals surface area (Å²) in [5.41, 5.74) is 4.83. The Labute approximate surface area is 103 Å². The Kier molecular flexibility index (Phi) is 5.19. The second-order valence-electron chi connectivity index (χ2n) is 3.71. The van der Waals surface area contributed by atoms with Crippen LogP contribution in [0.25, 0.3) is 0 Å². The van der Waals surface area contributed by atoms with Crippen molar-refractivity contribution in [1.29, 1.82) is 0 Å². The van der Waals surface area contributed by atoms with E-state index in [1.54, 1.807) is 0 Å². The number of amides is 1. The molecule has 98 valence electrons. The summed E-state index contributed by atoms with van der Waals surface area (Å²) in [5.74, 6) is -1.07. The van der Waals surface area contributed by atoms with Crippen molar-refractivity contribution in [1.82, 2.24) is 0 Å². The minimum atomic E-state index is -0.738. The maximum atomic E-state index is 12.9. The van der Waals surface area contributed by atoms with Crippen LogP contribution in [0.1, 0.15) is 19.3 Å². The number of nitro groups is 1. The van der Waals surface area contributed by atoms with Crippen LogP contribution < -0.4 is 11.1 Å². The number of nitrogens with two attached hydrogens (primary N) is 1. The Hall–Kier alpha value is -2.02. The van der Waals surface area contributed by atoms with Gasteiger partial charge >= 0.3 is 0 Å². The van der Waals surface area contributed by atoms with Crippen molar-refractivity contribution in [2.75, 3.05) is 11.9 Å². The highest BCUT2D eigenvalue weighted by molar-refractivity contribution is 5.92. The Morgan fingerprint density at radius 3 is 2.78 bits per heavy atom. The minimum absolute atomic E-state index is 0.000788. The van der Waals surface area contributed by atoms with E-state index in [9.17, 15) is 19.3 Å². The van der Waals surface area contributed by atoms with Crippen molar-refractivity contribution in [2.45, 2.75) is 19.3 Å². The molecular formula is C11H14FN3O3. The molecular weight excluding hydrogens is 241 g/mol. The Bertz CT molecular complexity index is 451. The molecule has 0 aromatic heterocycles. The second kappa shape index (κ2) is 6.65. The average Bonchev–Trinajstić information content (AvgIpc) is 2.31. The first kappa shape index (κ1) is 14.0. The number of unbranched alkanes of at least 4 members (excludes halogenated alkanes) is 1. The molecule has 0 heterocycles. The highest BCUT2D eigenvalue weighted by atomic mass is 19.1. The Morgan fingerprint density at radius 1 is 1.44 bits per heavy atom. The van der Waals surface area contributed by atoms with Gasteiger partial charge in [-0.05, 0) is 31.5 Å². The van der Waals surface area contributed by atoms with Crippen molar-refractivity contribution in [3.63, 3.8) is 0 Å². The van der Waals surface area contributed by atoms with Crippen LogP contribution in [0.2, 0.25) is 0 Å². The topological polar surface area (TPSA) is 98.3 Å². The molecule has 18 heavy (non-hydrogen) atoms. The van der Waals surface area contributed by atoms with Crippen LogP contribution in [-0.2, 0) is 4.79 Å². The molecule has 0 saturated carbocycles. The van der Waals surface area contributed by atoms with Gasteiger partial charge in [-0.15, -0.1) is 0 Å². The average molecular weight is 255 g/mol. The number of anilines is 1. The molecule has 0 unspecified atom stereocenters. The van der Waals surface area contributed by atoms with Gasteiger partial charge in [0.1, 0.15) is 11.5 Å². The molecule has 0 fully saturated rings. The van der Waals surface area contributed by atoms with Gasteiger partial charge in [0, 0.05) is 6.42 Å². The minimum Gasteiger partial charge on any atom is -0.330 e. The molecule has 0 radical (unpaired) electrons. The normalized spacial score (nSPS) is 10.1. The summed E-state index contributed by atoms with van der Waals surface area (Å²) >= 11 is 0. The summed E-state index contributed by atoms with van der Waals surface area (Å²) in [5, 5.41) is 13.1. The molecule has 0 aliphatic carbocycles. The highest BCUT2D eigenvalue weighted by Crippen LogP contribution is 2.25. The van der Waals surface area contributed by atoms with Gasteiger partial charge < -0.3 is 11.1 Å². The third-order valence-electron chi connectivity index (χ3n) is 2.29. The Morgan fingerprint density at radius 2 is 2.17 bits per heavy atom. The van der Waals surface area contributed by atoms with Crippen LogP contribution in [0.15, 0.2) is 18.2 Å². The van der Waals surface area contributed by atoms with Crippen molar-refractivity contribution in [3.05, 3.63) is 34.1 Å². The van der Waals surface area contributed by atoms with Gasteiger partial charge in [0.05, 0.1) is 11.0 Å². The number of halogens is 1. The van der Waals surface area contributed by atoms with E-state index in [0.717, 1.165) is 12.1 Å². The van der Waals surface area contributed by atoms with E-state index in [0.29, 0.717) is 19.4 Å². The van der Waals surface area contributed by atoms with Crippen molar-refractivity contribution in [3.8, 4) is 0 Å². The van der Waals surface area contributed by atoms with Crippen LogP contribution in [0, 0.1) is 15.9 Å². The van der Waals surface area contributed by atoms with Crippen LogP contribution in [-0.4, -0.2) is 17.4 Å². The fourth-order valence-electron chi connectivity index (χ4n) is 1.40. The van der Waals surface area contributed by atoms with Gasteiger partial charge in [-0.25, -0.2) is 4.39 Å². The molecule has 3 N–H and O–H groups in total. The first-order valence-electron chi connectivity index (χ1n) is 5.48. The number of carbonyl (C=O) groups excluding carboxylic acids is 1. The molecule has 0 atom stereocenters. The van der Waals surface area contributed by atoms with Gasteiger partial charge in [-0.2, -0.15) is 0 Å². The monoisotopic (exact) mass is 255 g/mol. The lowest BCUT2D eigenvalue weighted by molar-refractivity contribution is -0.384. The van der Waals surface area contributed by atoms with Gasteiger partial charge in [0.2, 0.25) is 5.91 Å². The van der Waals surface area contributed by atoms with Crippen LogP contribution >= 0.6 is 0 Å². The van der Waals surface area contributed by atoms with Gasteiger partial charge in [0.25, 0.3) is 5.69 Å². The summed E-state index contributed by atoms with van der Waals surface area (Å²) in [6.45, 7) is 0.490. The van der Waals surface area contributed by atoms with Crippen LogP contribution in [0.4, 0.5) is 15.8 Å². The molecule has 0 saturated heterocycles. The predicted molar refractivity (Wildman–Crippen MR) is 64.6 cm³/mol. The van der Waals surface area contributed by atoms with Crippen molar-refractivity contribution >= 4 is 17.3 Å². The zero-order valence-corrected chi connectivity index (χ0v) is 9.69. The first-order chi connectivity index (χ1) is 8.54. The number of rotatable bonds is 6. The van der Waals surface area contributed by atoms with Crippen molar-refractivity contribution < 1.29 is 14.1 Å². The van der Waals surface area contributed by atoms with E-state index in [1.807, 2.05) is 0 Å². The van der Waals surface area contributed by atoms with E-state index >= 15 is 0 Å². The predicted octanol–water partition coefficient (Wildman–Crippen LogP) is 1.80.